The highest BCUT2D eigenvalue weighted by molar-refractivity contribution is 7.21. The van der Waals surface area contributed by atoms with Crippen LogP contribution in [-0.2, 0) is 6.42 Å². The van der Waals surface area contributed by atoms with Gasteiger partial charge in [-0.05, 0) is 37.1 Å². The molecule has 3 rings (SSSR count). The van der Waals surface area contributed by atoms with E-state index in [1.54, 1.807) is 18.3 Å². The summed E-state index contributed by atoms with van der Waals surface area (Å²) in [5, 5.41) is 3.60. The summed E-state index contributed by atoms with van der Waals surface area (Å²) >= 11 is 1.32. The molecular formula is C17H18N4OS. The molecule has 5 nitrogen and oxygen atoms in total. The van der Waals surface area contributed by atoms with Crippen molar-refractivity contribution in [1.82, 2.24) is 9.97 Å². The number of nitrogens with one attached hydrogen (secondary N) is 1. The van der Waals surface area contributed by atoms with Gasteiger partial charge in [-0.3, -0.25) is 4.79 Å². The van der Waals surface area contributed by atoms with E-state index in [2.05, 4.69) is 22.2 Å². The molecule has 0 spiro atoms. The molecule has 3 heterocycles. The van der Waals surface area contributed by atoms with Gasteiger partial charge in [0.15, 0.2) is 0 Å². The molecular weight excluding hydrogens is 308 g/mol. The van der Waals surface area contributed by atoms with Gasteiger partial charge in [0.1, 0.15) is 15.5 Å². The first-order valence-corrected chi connectivity index (χ1v) is 8.41. The van der Waals surface area contributed by atoms with Gasteiger partial charge in [0.05, 0.1) is 5.69 Å². The summed E-state index contributed by atoms with van der Waals surface area (Å²) in [6.45, 7) is 2.15. The molecule has 0 saturated carbocycles. The lowest BCUT2D eigenvalue weighted by molar-refractivity contribution is 0.103. The van der Waals surface area contributed by atoms with Gasteiger partial charge in [-0.25, -0.2) is 9.97 Å². The summed E-state index contributed by atoms with van der Waals surface area (Å²) in [5.41, 5.74) is 7.65. The Morgan fingerprint density at radius 1 is 1.30 bits per heavy atom. The second-order valence-corrected chi connectivity index (χ2v) is 6.27. The van der Waals surface area contributed by atoms with Gasteiger partial charge >= 0.3 is 0 Å². The van der Waals surface area contributed by atoms with Crippen LogP contribution in [0.25, 0.3) is 10.2 Å². The summed E-state index contributed by atoms with van der Waals surface area (Å²) in [7, 11) is 0. The first-order valence-electron chi connectivity index (χ1n) is 7.59. The summed E-state index contributed by atoms with van der Waals surface area (Å²) in [6.07, 6.45) is 4.81. The number of aromatic nitrogens is 2. The Labute approximate surface area is 138 Å². The van der Waals surface area contributed by atoms with Gasteiger partial charge in [0, 0.05) is 17.3 Å². The Balaban J connectivity index is 1.88. The van der Waals surface area contributed by atoms with Crippen LogP contribution in [-0.4, -0.2) is 15.9 Å². The van der Waals surface area contributed by atoms with E-state index in [-0.39, 0.29) is 5.91 Å². The van der Waals surface area contributed by atoms with Crippen LogP contribution in [0.2, 0.25) is 0 Å². The third-order valence-electron chi connectivity index (χ3n) is 3.55. The van der Waals surface area contributed by atoms with Crippen molar-refractivity contribution in [3.63, 3.8) is 0 Å². The van der Waals surface area contributed by atoms with Gasteiger partial charge in [-0.15, -0.1) is 11.3 Å². The fourth-order valence-corrected chi connectivity index (χ4v) is 3.32. The Hall–Kier alpha value is -2.47. The highest BCUT2D eigenvalue weighted by atomic mass is 32.1. The van der Waals surface area contributed by atoms with Crippen LogP contribution >= 0.6 is 11.3 Å². The number of anilines is 2. The van der Waals surface area contributed by atoms with Crippen molar-refractivity contribution in [2.75, 3.05) is 11.1 Å². The molecule has 0 unspecified atom stereocenters. The maximum atomic E-state index is 12.4. The van der Waals surface area contributed by atoms with Crippen molar-refractivity contribution >= 4 is 39.0 Å². The topological polar surface area (TPSA) is 80.9 Å². The van der Waals surface area contributed by atoms with E-state index in [0.29, 0.717) is 16.4 Å². The van der Waals surface area contributed by atoms with Crippen LogP contribution in [0.3, 0.4) is 0 Å². The molecule has 0 aliphatic carbocycles. The van der Waals surface area contributed by atoms with E-state index >= 15 is 0 Å². The summed E-state index contributed by atoms with van der Waals surface area (Å²) in [4.78, 5) is 22.4. The van der Waals surface area contributed by atoms with Crippen molar-refractivity contribution < 1.29 is 4.79 Å². The van der Waals surface area contributed by atoms with E-state index < -0.39 is 0 Å². The number of fused-ring (bicyclic) bond motifs is 1. The average molecular weight is 326 g/mol. The predicted octanol–water partition coefficient (Wildman–Crippen LogP) is 3.87. The number of thiophene rings is 1. The number of nitrogens with two attached hydrogens (primary N) is 1. The molecule has 0 aliphatic heterocycles. The van der Waals surface area contributed by atoms with Crippen molar-refractivity contribution in [2.24, 2.45) is 0 Å². The largest absolute Gasteiger partial charge is 0.397 e. The number of carbonyl (C=O) groups excluding carboxylic acids is 1. The number of rotatable bonds is 5. The maximum absolute atomic E-state index is 12.4. The molecule has 0 saturated heterocycles. The Morgan fingerprint density at radius 2 is 2.17 bits per heavy atom. The molecule has 118 valence electrons. The number of carbonyl (C=O) groups is 1. The third-order valence-corrected chi connectivity index (χ3v) is 4.66. The zero-order valence-corrected chi connectivity index (χ0v) is 13.7. The molecule has 1 amide bonds. The lowest BCUT2D eigenvalue weighted by Gasteiger charge is -2.02. The van der Waals surface area contributed by atoms with Crippen LogP contribution < -0.4 is 11.1 Å². The fraction of sp³-hybridized carbons (Fsp3) is 0.235. The van der Waals surface area contributed by atoms with Gasteiger partial charge in [-0.2, -0.15) is 0 Å². The van der Waals surface area contributed by atoms with Gasteiger partial charge in [0.2, 0.25) is 0 Å². The molecule has 0 bridgehead atoms. The van der Waals surface area contributed by atoms with Gasteiger partial charge in [-0.1, -0.05) is 19.4 Å². The summed E-state index contributed by atoms with van der Waals surface area (Å²) in [5.74, 6) is 0.255. The number of nitrogens with zero attached hydrogens (tertiary/aromatic N) is 2. The Bertz CT molecular complexity index is 829. The first kappa shape index (κ1) is 15.4. The molecule has 0 fully saturated rings. The fourth-order valence-electron chi connectivity index (χ4n) is 2.31. The summed E-state index contributed by atoms with van der Waals surface area (Å²) in [6, 6.07) is 9.30. The number of amides is 1. The van der Waals surface area contributed by atoms with E-state index in [9.17, 15) is 4.79 Å². The molecule has 0 radical (unpaired) electrons. The maximum Gasteiger partial charge on any atom is 0.269 e. The minimum atomic E-state index is -0.251. The molecule has 3 aromatic heterocycles. The number of hydrogen-bond donors (Lipinski definition) is 2. The van der Waals surface area contributed by atoms with E-state index in [0.717, 1.165) is 35.2 Å². The second kappa shape index (κ2) is 6.75. The van der Waals surface area contributed by atoms with Crippen LogP contribution in [0.15, 0.2) is 36.5 Å². The minimum Gasteiger partial charge on any atom is -0.397 e. The number of pyridine rings is 2. The number of unbranched alkanes of at least 4 members (excludes halogenated alkanes) is 1. The number of nitrogen functional groups attached to an aromatic ring is 1. The molecule has 3 aromatic rings. The van der Waals surface area contributed by atoms with E-state index in [1.165, 1.54) is 11.3 Å². The quantitative estimate of drug-likeness (QED) is 0.746. The molecule has 0 aromatic carbocycles. The zero-order valence-electron chi connectivity index (χ0n) is 12.9. The van der Waals surface area contributed by atoms with Crippen LogP contribution in [0.1, 0.15) is 35.1 Å². The monoisotopic (exact) mass is 326 g/mol. The van der Waals surface area contributed by atoms with Gasteiger partial charge in [0.25, 0.3) is 5.91 Å². The smallest absolute Gasteiger partial charge is 0.269 e. The number of aryl methyl sites for hydroxylation is 1. The molecule has 0 atom stereocenters. The molecule has 0 aliphatic rings. The van der Waals surface area contributed by atoms with E-state index in [4.69, 9.17) is 5.73 Å². The third kappa shape index (κ3) is 3.32. The highest BCUT2D eigenvalue weighted by Gasteiger charge is 2.17. The van der Waals surface area contributed by atoms with Crippen molar-refractivity contribution in [2.45, 2.75) is 26.2 Å². The van der Waals surface area contributed by atoms with Crippen molar-refractivity contribution in [3.05, 3.63) is 47.1 Å². The lowest BCUT2D eigenvalue weighted by Crippen LogP contribution is -2.12. The second-order valence-electron chi connectivity index (χ2n) is 5.27. The van der Waals surface area contributed by atoms with Gasteiger partial charge < -0.3 is 11.1 Å². The standard InChI is InChI=1S/C17H18N4OS/c1-2-3-6-11-8-9-12-14(18)15(23-17(12)20-11)16(22)21-13-7-4-5-10-19-13/h4-5,7-10H,2-3,6,18H2,1H3,(H,19,21,22). The first-order chi connectivity index (χ1) is 11.2. The normalized spacial score (nSPS) is 10.8. The molecule has 6 heteroatoms. The van der Waals surface area contributed by atoms with Crippen LogP contribution in [0, 0.1) is 0 Å². The summed E-state index contributed by atoms with van der Waals surface area (Å²) < 4.78 is 0. The van der Waals surface area contributed by atoms with Crippen LogP contribution in [0.5, 0.6) is 0 Å². The lowest BCUT2D eigenvalue weighted by atomic mass is 10.1. The minimum absolute atomic E-state index is 0.251. The predicted molar refractivity (Wildman–Crippen MR) is 94.8 cm³/mol. The van der Waals surface area contributed by atoms with Crippen molar-refractivity contribution in [3.8, 4) is 0 Å². The zero-order chi connectivity index (χ0) is 16.2. The molecule has 3 N–H and O–H groups in total. The van der Waals surface area contributed by atoms with Crippen molar-refractivity contribution in [1.29, 1.82) is 0 Å². The average Bonchev–Trinajstić information content (AvgIpc) is 2.90. The van der Waals surface area contributed by atoms with Crippen LogP contribution in [0.4, 0.5) is 11.5 Å². The SMILES string of the molecule is CCCCc1ccc2c(N)c(C(=O)Nc3ccccn3)sc2n1. The number of hydrogen-bond acceptors (Lipinski definition) is 5. The molecule has 23 heavy (non-hydrogen) atoms. The highest BCUT2D eigenvalue weighted by Crippen LogP contribution is 2.33. The van der Waals surface area contributed by atoms with E-state index in [1.807, 2.05) is 18.2 Å². The Kier molecular flexibility index (Phi) is 4.52. The Morgan fingerprint density at radius 3 is 2.91 bits per heavy atom.